The zero-order valence-corrected chi connectivity index (χ0v) is 25.5. The van der Waals surface area contributed by atoms with E-state index in [-0.39, 0.29) is 29.8 Å². The quantitative estimate of drug-likeness (QED) is 0.266. The van der Waals surface area contributed by atoms with E-state index in [1.54, 1.807) is 43.9 Å². The van der Waals surface area contributed by atoms with Crippen LogP contribution in [0.5, 0.6) is 0 Å². The number of esters is 1. The third kappa shape index (κ3) is 7.68. The summed E-state index contributed by atoms with van der Waals surface area (Å²) >= 11 is 3.34. The van der Waals surface area contributed by atoms with Crippen molar-refractivity contribution in [1.29, 1.82) is 0 Å². The van der Waals surface area contributed by atoms with Crippen molar-refractivity contribution in [3.05, 3.63) is 16.6 Å². The fraction of sp³-hybridized carbons (Fsp3) is 0.759. The average Bonchev–Trinajstić information content (AvgIpc) is 3.27. The van der Waals surface area contributed by atoms with Gasteiger partial charge >= 0.3 is 5.97 Å². The second-order valence-corrected chi connectivity index (χ2v) is 14.1. The SMILES string of the molecule is CCCSc1nc(/C=C(\C)[C@@H]2CC3O[C@]3(C)CCC[C@H](C)[C@H](O)[C@@H](C)C(=O)C(C)(C)[C@@H](O)CC(=O)O2)cs1. The number of aliphatic hydroxyl groups is 2. The van der Waals surface area contributed by atoms with Crippen molar-refractivity contribution in [1.82, 2.24) is 4.98 Å². The molecule has 0 bridgehead atoms. The van der Waals surface area contributed by atoms with Crippen LogP contribution in [0.4, 0.5) is 0 Å². The number of aromatic nitrogens is 1. The molecule has 2 fully saturated rings. The largest absolute Gasteiger partial charge is 0.458 e. The van der Waals surface area contributed by atoms with Gasteiger partial charge in [0.05, 0.1) is 41.4 Å². The molecule has 3 rings (SSSR count). The molecule has 0 amide bonds. The zero-order valence-electron chi connectivity index (χ0n) is 23.9. The Bertz CT molecular complexity index is 1010. The van der Waals surface area contributed by atoms with Crippen molar-refractivity contribution in [2.45, 2.75) is 121 Å². The molecule has 2 N–H and O–H groups in total. The molecular formula is C29H45NO6S2. The maximum absolute atomic E-state index is 13.3. The Morgan fingerprint density at radius 1 is 1.26 bits per heavy atom. The Hall–Kier alpha value is -1.26. The molecule has 3 heterocycles. The van der Waals surface area contributed by atoms with E-state index >= 15 is 0 Å². The molecule has 38 heavy (non-hydrogen) atoms. The average molecular weight is 568 g/mol. The molecule has 1 aromatic heterocycles. The predicted octanol–water partition coefficient (Wildman–Crippen LogP) is 5.67. The van der Waals surface area contributed by atoms with E-state index in [0.29, 0.717) is 6.42 Å². The van der Waals surface area contributed by atoms with E-state index in [9.17, 15) is 19.8 Å². The van der Waals surface area contributed by atoms with Crippen LogP contribution in [-0.2, 0) is 19.1 Å². The first-order chi connectivity index (χ1) is 17.8. The third-order valence-corrected chi connectivity index (χ3v) is 10.5. The highest BCUT2D eigenvalue weighted by Crippen LogP contribution is 2.45. The van der Waals surface area contributed by atoms with Gasteiger partial charge in [0.1, 0.15) is 11.9 Å². The summed E-state index contributed by atoms with van der Waals surface area (Å²) in [6, 6.07) is 0. The minimum absolute atomic E-state index is 0.0512. The number of epoxide rings is 1. The molecule has 0 aromatic carbocycles. The molecule has 0 saturated carbocycles. The number of carbonyl (C=O) groups excluding carboxylic acids is 2. The lowest BCUT2D eigenvalue weighted by Gasteiger charge is -2.34. The van der Waals surface area contributed by atoms with Crippen molar-refractivity contribution < 1.29 is 29.3 Å². The number of ether oxygens (including phenoxy) is 2. The van der Waals surface area contributed by atoms with Crippen LogP contribution in [0.1, 0.15) is 92.7 Å². The van der Waals surface area contributed by atoms with Crippen LogP contribution >= 0.6 is 23.1 Å². The second-order valence-electron chi connectivity index (χ2n) is 11.9. The maximum Gasteiger partial charge on any atom is 0.309 e. The summed E-state index contributed by atoms with van der Waals surface area (Å²) in [6.07, 6.45) is 3.07. The van der Waals surface area contributed by atoms with E-state index in [2.05, 4.69) is 18.8 Å². The molecule has 0 aliphatic carbocycles. The zero-order chi connectivity index (χ0) is 28.3. The highest BCUT2D eigenvalue weighted by molar-refractivity contribution is 8.01. The third-order valence-electron chi connectivity index (χ3n) is 8.22. The molecular weight excluding hydrogens is 522 g/mol. The Morgan fingerprint density at radius 2 is 1.97 bits per heavy atom. The summed E-state index contributed by atoms with van der Waals surface area (Å²) < 4.78 is 13.0. The Labute approximate surface area is 235 Å². The minimum atomic E-state index is -1.23. The molecule has 7 nitrogen and oxygen atoms in total. The van der Waals surface area contributed by atoms with Crippen LogP contribution in [0, 0.1) is 17.3 Å². The Morgan fingerprint density at radius 3 is 2.66 bits per heavy atom. The summed E-state index contributed by atoms with van der Waals surface area (Å²) in [5, 5.41) is 23.8. The summed E-state index contributed by atoms with van der Waals surface area (Å²) in [5.74, 6) is -0.530. The summed E-state index contributed by atoms with van der Waals surface area (Å²) in [4.78, 5) is 31.0. The number of hydrogen-bond acceptors (Lipinski definition) is 9. The monoisotopic (exact) mass is 567 g/mol. The van der Waals surface area contributed by atoms with Crippen LogP contribution in [-0.4, -0.2) is 62.7 Å². The van der Waals surface area contributed by atoms with Gasteiger partial charge in [0.25, 0.3) is 0 Å². The molecule has 0 radical (unpaired) electrons. The first-order valence-electron chi connectivity index (χ1n) is 13.8. The first-order valence-corrected chi connectivity index (χ1v) is 15.7. The Balaban J connectivity index is 1.83. The number of cyclic esters (lactones) is 1. The number of thiazole rings is 1. The summed E-state index contributed by atoms with van der Waals surface area (Å²) in [7, 11) is 0. The molecule has 2 aliphatic heterocycles. The van der Waals surface area contributed by atoms with Gasteiger partial charge in [0.15, 0.2) is 4.34 Å². The van der Waals surface area contributed by atoms with E-state index in [4.69, 9.17) is 9.47 Å². The maximum atomic E-state index is 13.3. The van der Waals surface area contributed by atoms with Gasteiger partial charge in [-0.05, 0) is 50.7 Å². The van der Waals surface area contributed by atoms with Crippen LogP contribution in [0.15, 0.2) is 15.3 Å². The molecule has 1 unspecified atom stereocenters. The lowest BCUT2D eigenvalue weighted by molar-refractivity contribution is -0.154. The van der Waals surface area contributed by atoms with Crippen molar-refractivity contribution >= 4 is 40.9 Å². The standard InChI is InChI=1S/C29H45NO6S2/c1-8-12-37-27-30-20(16-38-27)13-18(3)21-14-23-29(7,36-23)11-9-10-17(2)25(33)19(4)26(34)28(5,6)22(31)15-24(32)35-21/h13,16-17,19,21-23,25,31,33H,8-12,14-15H2,1-7H3/b18-13+/t17-,19+,21-,22-,23?,25-,29+/m0/s1. The topological polar surface area (TPSA) is 109 Å². The van der Waals surface area contributed by atoms with Gasteiger partial charge in [0, 0.05) is 23.5 Å². The number of fused-ring (bicyclic) bond motifs is 1. The normalized spacial score (nSPS) is 35.4. The van der Waals surface area contributed by atoms with Gasteiger partial charge in [-0.25, -0.2) is 4.98 Å². The smallest absolute Gasteiger partial charge is 0.309 e. The highest BCUT2D eigenvalue weighted by Gasteiger charge is 2.53. The van der Waals surface area contributed by atoms with Crippen molar-refractivity contribution in [3.8, 4) is 0 Å². The molecule has 2 saturated heterocycles. The van der Waals surface area contributed by atoms with Gasteiger partial charge in [-0.3, -0.25) is 9.59 Å². The van der Waals surface area contributed by atoms with Crippen molar-refractivity contribution in [3.63, 3.8) is 0 Å². The van der Waals surface area contributed by atoms with E-state index in [1.807, 2.05) is 25.3 Å². The van der Waals surface area contributed by atoms with Gasteiger partial charge in [-0.1, -0.05) is 52.8 Å². The molecule has 2 aliphatic rings. The first kappa shape index (κ1) is 31.3. The van der Waals surface area contributed by atoms with Gasteiger partial charge < -0.3 is 19.7 Å². The van der Waals surface area contributed by atoms with Gasteiger partial charge in [-0.2, -0.15) is 0 Å². The number of carbonyl (C=O) groups is 2. The number of Topliss-reactive ketones (excluding diaryl/α,β-unsaturated/α-hetero) is 1. The van der Waals surface area contributed by atoms with E-state index < -0.39 is 35.6 Å². The molecule has 214 valence electrons. The number of hydrogen-bond donors (Lipinski definition) is 2. The minimum Gasteiger partial charge on any atom is -0.458 e. The number of aliphatic hydroxyl groups excluding tert-OH is 2. The molecule has 1 aromatic rings. The van der Waals surface area contributed by atoms with E-state index in [0.717, 1.165) is 47.0 Å². The van der Waals surface area contributed by atoms with Crippen LogP contribution in [0.3, 0.4) is 0 Å². The molecule has 9 heteroatoms. The van der Waals surface area contributed by atoms with Crippen molar-refractivity contribution in [2.24, 2.45) is 17.3 Å². The van der Waals surface area contributed by atoms with Crippen LogP contribution in [0.2, 0.25) is 0 Å². The number of nitrogens with zero attached hydrogens (tertiary/aromatic N) is 1. The van der Waals surface area contributed by atoms with Crippen molar-refractivity contribution in [2.75, 3.05) is 5.75 Å². The van der Waals surface area contributed by atoms with Gasteiger partial charge in [-0.15, -0.1) is 11.3 Å². The summed E-state index contributed by atoms with van der Waals surface area (Å²) in [5.41, 5.74) is 0.189. The highest BCUT2D eigenvalue weighted by atomic mass is 32.2. The van der Waals surface area contributed by atoms with Crippen LogP contribution < -0.4 is 0 Å². The number of rotatable bonds is 5. The van der Waals surface area contributed by atoms with Crippen LogP contribution in [0.25, 0.3) is 6.08 Å². The molecule has 7 atom stereocenters. The van der Waals surface area contributed by atoms with E-state index in [1.165, 1.54) is 0 Å². The Kier molecular flexibility index (Phi) is 10.6. The molecule has 0 spiro atoms. The fourth-order valence-corrected chi connectivity index (χ4v) is 6.93. The van der Waals surface area contributed by atoms with Gasteiger partial charge in [0.2, 0.25) is 0 Å². The predicted molar refractivity (Wildman–Crippen MR) is 152 cm³/mol. The second kappa shape index (κ2) is 12.9. The lowest BCUT2D eigenvalue weighted by atomic mass is 9.73. The lowest BCUT2D eigenvalue weighted by Crippen LogP contribution is -2.45. The number of thioether (sulfide) groups is 1. The number of ketones is 1. The summed E-state index contributed by atoms with van der Waals surface area (Å²) in [6.45, 7) is 13.1. The fourth-order valence-electron chi connectivity index (χ4n) is 5.21.